The van der Waals surface area contributed by atoms with Crippen molar-refractivity contribution in [2.75, 3.05) is 39.6 Å². The second-order valence-electron chi connectivity index (χ2n) is 29.3. The lowest BCUT2D eigenvalue weighted by atomic mass is 10.0. The highest BCUT2D eigenvalue weighted by Gasteiger charge is 2.29. The highest BCUT2D eigenvalue weighted by atomic mass is 31.2. The number of phosphoric acid groups is 2. The van der Waals surface area contributed by atoms with E-state index in [2.05, 4.69) is 167 Å². The van der Waals surface area contributed by atoms with Crippen LogP contribution in [0.2, 0.25) is 0 Å². The summed E-state index contributed by atoms with van der Waals surface area (Å²) in [6, 6.07) is 0. The van der Waals surface area contributed by atoms with Crippen LogP contribution in [0, 0.1) is 0 Å². The highest BCUT2D eigenvalue weighted by Crippen LogP contribution is 2.45. The Hall–Kier alpha value is -4.57. The van der Waals surface area contributed by atoms with E-state index in [1.807, 2.05) is 0 Å². The van der Waals surface area contributed by atoms with Crippen molar-refractivity contribution in [3.8, 4) is 0 Å². The van der Waals surface area contributed by atoms with E-state index in [0.717, 1.165) is 161 Å². The Kier molecular flexibility index (Phi) is 81.3. The van der Waals surface area contributed by atoms with Crippen LogP contribution in [0.3, 0.4) is 0 Å². The fourth-order valence-corrected chi connectivity index (χ4v) is 13.4. The van der Waals surface area contributed by atoms with Crippen molar-refractivity contribution in [1.82, 2.24) is 0 Å². The molecule has 0 saturated heterocycles. The summed E-state index contributed by atoms with van der Waals surface area (Å²) in [6.07, 6.45) is 106. The predicted octanol–water partition coefficient (Wildman–Crippen LogP) is 26.8. The van der Waals surface area contributed by atoms with Gasteiger partial charge >= 0.3 is 33.6 Å². The van der Waals surface area contributed by atoms with E-state index >= 15 is 0 Å². The second kappa shape index (κ2) is 84.8. The lowest BCUT2D eigenvalue weighted by molar-refractivity contribution is -0.161. The Bertz CT molecular complexity index is 2600. The first kappa shape index (κ1) is 106. The third kappa shape index (κ3) is 86.1. The maximum atomic E-state index is 13.0. The number of hydrogen-bond donors (Lipinski definition) is 4. The van der Waals surface area contributed by atoms with Gasteiger partial charge < -0.3 is 34.2 Å². The average Bonchev–Trinajstić information content (AvgIpc) is 0.901. The van der Waals surface area contributed by atoms with Gasteiger partial charge in [-0.3, -0.25) is 32.5 Å². The Morgan fingerprint density at radius 1 is 0.261 bits per heavy atom. The van der Waals surface area contributed by atoms with Gasteiger partial charge in [0, 0.05) is 19.3 Å². The van der Waals surface area contributed by atoms with E-state index in [4.69, 9.17) is 32.3 Å². The van der Waals surface area contributed by atoms with Gasteiger partial charge in [-0.2, -0.15) is 0 Å². The molecule has 18 heteroatoms. The van der Waals surface area contributed by atoms with Gasteiger partial charge in [-0.05, 0) is 148 Å². The number of aliphatic hydroxyl groups excluding tert-OH is 2. The molecule has 0 rings (SSSR count). The minimum atomic E-state index is -4.95. The van der Waals surface area contributed by atoms with Gasteiger partial charge in [0.25, 0.3) is 0 Å². The number of ether oxygens (including phenoxy) is 3. The molecule has 0 heterocycles. The molecule has 0 spiro atoms. The van der Waals surface area contributed by atoms with Gasteiger partial charge in [0.2, 0.25) is 0 Å². The lowest BCUT2D eigenvalue weighted by Crippen LogP contribution is -2.30. The Balaban J connectivity index is 4.60. The molecule has 5 unspecified atom stereocenters. The summed E-state index contributed by atoms with van der Waals surface area (Å²) < 4.78 is 61.4. The van der Waals surface area contributed by atoms with E-state index in [9.17, 15) is 43.5 Å². The minimum Gasteiger partial charge on any atom is -0.463 e. The van der Waals surface area contributed by atoms with Crippen LogP contribution >= 0.6 is 15.6 Å². The summed E-state index contributed by atoms with van der Waals surface area (Å²) in [5.41, 5.74) is 0. The molecular weight excluding hydrogens is 1430 g/mol. The maximum absolute atomic E-state index is 13.0. The van der Waals surface area contributed by atoms with Crippen LogP contribution in [-0.4, -0.2) is 95.9 Å². The summed E-state index contributed by atoms with van der Waals surface area (Å²) in [5, 5.41) is 20.7. The number of hydrogen-bond acceptors (Lipinski definition) is 14. The van der Waals surface area contributed by atoms with Crippen LogP contribution in [0.1, 0.15) is 367 Å². The molecule has 0 aromatic heterocycles. The molecule has 0 saturated carbocycles. The topological polar surface area (TPSA) is 231 Å². The van der Waals surface area contributed by atoms with Crippen LogP contribution in [0.4, 0.5) is 0 Å². The Labute approximate surface area is 677 Å². The van der Waals surface area contributed by atoms with Crippen LogP contribution in [0.5, 0.6) is 0 Å². The molecule has 0 radical (unpaired) electrons. The normalized spacial score (nSPS) is 14.5. The molecule has 4 N–H and O–H groups in total. The first-order valence-corrected chi connectivity index (χ1v) is 47.1. The fourth-order valence-electron chi connectivity index (χ4n) is 11.8. The molecule has 0 aliphatic carbocycles. The molecule has 16 nitrogen and oxygen atoms in total. The molecular formula is C93H160O16P2. The van der Waals surface area contributed by atoms with Crippen LogP contribution in [0.15, 0.2) is 146 Å². The van der Waals surface area contributed by atoms with Gasteiger partial charge in [0.1, 0.15) is 25.4 Å². The van der Waals surface area contributed by atoms with E-state index in [1.165, 1.54) is 148 Å². The number of esters is 3. The number of aliphatic hydroxyl groups is 2. The summed E-state index contributed by atoms with van der Waals surface area (Å²) in [7, 11) is -9.81. The quantitative estimate of drug-likeness (QED) is 0.0146. The van der Waals surface area contributed by atoms with E-state index in [1.54, 1.807) is 0 Å². The number of unbranched alkanes of at least 4 members (excludes halogenated alkanes) is 36. The third-order valence-corrected chi connectivity index (χ3v) is 20.4. The molecule has 0 fully saturated rings. The standard InChI is InChI=1S/C93H160O16P2/c1-4-7-10-13-16-19-22-25-28-31-34-36-38-40-42-43-45-47-48-50-53-55-58-61-64-67-70-73-76-79-91(96)103-82-88(94)83-105-110(99,100)106-84-89(95)85-107-111(101,102)108-87-90(109-93(98)81-78-75-72-69-66-63-60-57-52-33-30-27-24-21-18-15-12-9-6-3)86-104-92(97)80-77-74-71-68-65-62-59-56-54-51-49-46-44-41-39-37-35-32-29-26-23-20-17-14-11-8-5-2/h9,12,16-21,25-30,34-37,40-42,44,52,57,88-90,94-95H,4-8,10-11,13-15,22-24,31-33,38-39,43,45-51,53-56,58-87H2,1-3H3,(H,99,100)(H,101,102)/b12-9-,19-16-,20-17-,21-18-,28-25-,29-26-,30-27-,36-34-,37-35-,42-40-,44-41-,57-52-. The fraction of sp³-hybridized carbons (Fsp3) is 0.710. The molecule has 5 atom stereocenters. The monoisotopic (exact) mass is 1600 g/mol. The Morgan fingerprint density at radius 3 is 0.757 bits per heavy atom. The van der Waals surface area contributed by atoms with Crippen molar-refractivity contribution in [2.24, 2.45) is 0 Å². The zero-order chi connectivity index (χ0) is 80.8. The highest BCUT2D eigenvalue weighted by molar-refractivity contribution is 7.47. The smallest absolute Gasteiger partial charge is 0.463 e. The minimum absolute atomic E-state index is 0.0846. The molecule has 0 bridgehead atoms. The molecule has 0 aromatic carbocycles. The van der Waals surface area contributed by atoms with Crippen molar-refractivity contribution in [1.29, 1.82) is 0 Å². The van der Waals surface area contributed by atoms with Gasteiger partial charge in [0.05, 0.1) is 26.4 Å². The molecule has 0 aromatic rings. The zero-order valence-corrected chi connectivity index (χ0v) is 71.9. The van der Waals surface area contributed by atoms with Crippen LogP contribution < -0.4 is 0 Å². The van der Waals surface area contributed by atoms with Crippen molar-refractivity contribution < 1.29 is 75.8 Å². The second-order valence-corrected chi connectivity index (χ2v) is 32.2. The van der Waals surface area contributed by atoms with Gasteiger partial charge in [-0.15, -0.1) is 0 Å². The van der Waals surface area contributed by atoms with Gasteiger partial charge in [-0.1, -0.05) is 346 Å². The predicted molar refractivity (Wildman–Crippen MR) is 463 cm³/mol. The number of rotatable bonds is 83. The van der Waals surface area contributed by atoms with Crippen molar-refractivity contribution in [3.05, 3.63) is 146 Å². The van der Waals surface area contributed by atoms with Gasteiger partial charge in [0.15, 0.2) is 6.10 Å². The lowest BCUT2D eigenvalue weighted by Gasteiger charge is -2.21. The first-order valence-electron chi connectivity index (χ1n) is 44.1. The molecule has 111 heavy (non-hydrogen) atoms. The number of carbonyl (C=O) groups is 3. The third-order valence-electron chi connectivity index (χ3n) is 18.5. The summed E-state index contributed by atoms with van der Waals surface area (Å²) >= 11 is 0. The van der Waals surface area contributed by atoms with E-state index < -0.39 is 91.5 Å². The molecule has 0 aliphatic heterocycles. The van der Waals surface area contributed by atoms with E-state index in [0.29, 0.717) is 19.3 Å². The zero-order valence-electron chi connectivity index (χ0n) is 70.1. The van der Waals surface area contributed by atoms with Crippen molar-refractivity contribution >= 4 is 33.6 Å². The maximum Gasteiger partial charge on any atom is 0.472 e. The SMILES string of the molecule is CC/C=C\C/C=C\C/C=C\C/C=C\CCCCCCCCC(=O)OC(COC(=O)CCCCCCCCCCCCC/C=C\C/C=C\C/C=C\C/C=C\CCCCC)COP(=O)(O)OCC(O)COP(=O)(O)OCC(O)COC(=O)CCCCCCCCCCCCCCC/C=C\C/C=C\C/C=C\C/C=C\CCCCC. The van der Waals surface area contributed by atoms with Gasteiger partial charge in [-0.25, -0.2) is 9.13 Å². The molecule has 0 aliphatic rings. The number of allylic oxidation sites excluding steroid dienone is 24. The van der Waals surface area contributed by atoms with Crippen LogP contribution in [-0.2, 0) is 55.8 Å². The van der Waals surface area contributed by atoms with E-state index in [-0.39, 0.29) is 19.3 Å². The summed E-state index contributed by atoms with van der Waals surface area (Å²) in [5.74, 6) is -1.59. The van der Waals surface area contributed by atoms with Crippen molar-refractivity contribution in [3.63, 3.8) is 0 Å². The average molecular weight is 1600 g/mol. The largest absolute Gasteiger partial charge is 0.472 e. The molecule has 638 valence electrons. The number of carbonyl (C=O) groups excluding carboxylic acids is 3. The van der Waals surface area contributed by atoms with Crippen LogP contribution in [0.25, 0.3) is 0 Å². The molecule has 0 amide bonds. The summed E-state index contributed by atoms with van der Waals surface area (Å²) in [4.78, 5) is 58.9. The van der Waals surface area contributed by atoms with Crippen molar-refractivity contribution in [2.45, 2.75) is 386 Å². The first-order chi connectivity index (χ1) is 54.2. The summed E-state index contributed by atoms with van der Waals surface area (Å²) in [6.45, 7) is 2.53. The Morgan fingerprint density at radius 2 is 0.477 bits per heavy atom. The number of phosphoric ester groups is 2.